The van der Waals surface area contributed by atoms with Crippen LogP contribution in [0, 0.1) is 0 Å². The van der Waals surface area contributed by atoms with E-state index in [1.54, 1.807) is 0 Å². The first kappa shape index (κ1) is 16.5. The molecule has 0 aliphatic rings. The summed E-state index contributed by atoms with van der Waals surface area (Å²) < 4.78 is 5.85. The molecular weight excluding hydrogens is 348 g/mol. The summed E-state index contributed by atoms with van der Waals surface area (Å²) in [7, 11) is 0. The number of rotatable bonds is 6. The minimum atomic E-state index is -0.558. The summed E-state index contributed by atoms with van der Waals surface area (Å²) in [6.45, 7) is 0.00852. The second kappa shape index (κ2) is 8.51. The van der Waals surface area contributed by atoms with Crippen molar-refractivity contribution in [2.24, 2.45) is 0 Å². The number of carbonyl (C=O) groups is 1. The number of ether oxygens (including phenoxy) is 1. The number of nitrogens with zero attached hydrogens (tertiary/aromatic N) is 1. The summed E-state index contributed by atoms with van der Waals surface area (Å²) in [6.07, 6.45) is -0.131. The molecular formula is C16H17BrN2O3. The second-order valence-corrected chi connectivity index (χ2v) is 5.55. The molecule has 1 unspecified atom stereocenters. The zero-order valence-electron chi connectivity index (χ0n) is 11.9. The van der Waals surface area contributed by atoms with Crippen LogP contribution in [-0.2, 0) is 17.8 Å². The van der Waals surface area contributed by atoms with Gasteiger partial charge in [0.2, 0.25) is 0 Å². The third-order valence-electron chi connectivity index (χ3n) is 2.98. The number of aliphatic hydroxyl groups is 1. The van der Waals surface area contributed by atoms with Gasteiger partial charge in [0.15, 0.2) is 0 Å². The Morgan fingerprint density at radius 2 is 2.00 bits per heavy atom. The average Bonchev–Trinajstić information content (AvgIpc) is 2.53. The van der Waals surface area contributed by atoms with Gasteiger partial charge in [0.05, 0.1) is 12.6 Å². The lowest BCUT2D eigenvalue weighted by atomic mass is 10.1. The summed E-state index contributed by atoms with van der Waals surface area (Å²) >= 11 is 3.29. The fourth-order valence-corrected chi connectivity index (χ4v) is 2.29. The van der Waals surface area contributed by atoms with Crippen LogP contribution < -0.4 is 5.32 Å². The van der Waals surface area contributed by atoms with Gasteiger partial charge in [-0.1, -0.05) is 36.4 Å². The van der Waals surface area contributed by atoms with Gasteiger partial charge in [0.25, 0.3) is 0 Å². The van der Waals surface area contributed by atoms with Crippen molar-refractivity contribution in [1.82, 2.24) is 10.3 Å². The Morgan fingerprint density at radius 3 is 2.68 bits per heavy atom. The van der Waals surface area contributed by atoms with Gasteiger partial charge < -0.3 is 15.2 Å². The number of alkyl carbamates (subject to hydrolysis) is 1. The van der Waals surface area contributed by atoms with E-state index in [1.807, 2.05) is 48.5 Å². The van der Waals surface area contributed by atoms with Gasteiger partial charge in [-0.25, -0.2) is 9.78 Å². The fourth-order valence-electron chi connectivity index (χ4n) is 1.91. The Labute approximate surface area is 137 Å². The van der Waals surface area contributed by atoms with Crippen LogP contribution >= 0.6 is 15.9 Å². The molecule has 0 bridgehead atoms. The Balaban J connectivity index is 1.83. The minimum absolute atomic E-state index is 0.186. The Hall–Kier alpha value is -1.92. The number of aromatic nitrogens is 1. The van der Waals surface area contributed by atoms with Crippen LogP contribution in [-0.4, -0.2) is 28.8 Å². The van der Waals surface area contributed by atoms with Crippen LogP contribution in [0.4, 0.5) is 4.79 Å². The van der Waals surface area contributed by atoms with Crippen LogP contribution in [0.15, 0.2) is 53.1 Å². The molecule has 6 heteroatoms. The molecule has 116 valence electrons. The normalized spacial score (nSPS) is 11.7. The highest BCUT2D eigenvalue weighted by molar-refractivity contribution is 9.10. The van der Waals surface area contributed by atoms with Crippen LogP contribution in [0.3, 0.4) is 0 Å². The van der Waals surface area contributed by atoms with Gasteiger partial charge in [-0.3, -0.25) is 0 Å². The standard InChI is InChI=1S/C16H17BrN2O3/c17-15-8-4-7-13(18-15)9-14(10-20)19-16(21)22-11-12-5-2-1-3-6-12/h1-8,14,20H,9-11H2,(H,19,21). The summed E-state index contributed by atoms with van der Waals surface area (Å²) in [4.78, 5) is 16.0. The number of pyridine rings is 1. The van der Waals surface area contributed by atoms with E-state index in [0.717, 1.165) is 11.3 Å². The van der Waals surface area contributed by atoms with Gasteiger partial charge in [-0.15, -0.1) is 0 Å². The molecule has 1 heterocycles. The first-order valence-electron chi connectivity index (χ1n) is 6.87. The van der Waals surface area contributed by atoms with Crippen molar-refractivity contribution in [1.29, 1.82) is 0 Å². The van der Waals surface area contributed by atoms with Crippen molar-refractivity contribution in [3.8, 4) is 0 Å². The first-order valence-corrected chi connectivity index (χ1v) is 7.66. The summed E-state index contributed by atoms with van der Waals surface area (Å²) in [5.41, 5.74) is 1.68. The highest BCUT2D eigenvalue weighted by Crippen LogP contribution is 2.08. The zero-order chi connectivity index (χ0) is 15.8. The van der Waals surface area contributed by atoms with E-state index in [-0.39, 0.29) is 13.2 Å². The molecule has 0 fully saturated rings. The number of carbonyl (C=O) groups excluding carboxylic acids is 1. The maximum atomic E-state index is 11.8. The number of halogens is 1. The predicted molar refractivity (Wildman–Crippen MR) is 86.3 cm³/mol. The van der Waals surface area contributed by atoms with Crippen molar-refractivity contribution in [3.05, 3.63) is 64.4 Å². The van der Waals surface area contributed by atoms with Crippen molar-refractivity contribution in [2.75, 3.05) is 6.61 Å². The molecule has 1 amide bonds. The van der Waals surface area contributed by atoms with Gasteiger partial charge >= 0.3 is 6.09 Å². The third kappa shape index (κ3) is 5.46. The molecule has 5 nitrogen and oxygen atoms in total. The lowest BCUT2D eigenvalue weighted by molar-refractivity contribution is 0.129. The monoisotopic (exact) mass is 364 g/mol. The van der Waals surface area contributed by atoms with Crippen molar-refractivity contribution in [2.45, 2.75) is 19.1 Å². The number of amides is 1. The number of aliphatic hydroxyl groups excluding tert-OH is 1. The van der Waals surface area contributed by atoms with E-state index in [0.29, 0.717) is 11.0 Å². The minimum Gasteiger partial charge on any atom is -0.445 e. The molecule has 2 aromatic rings. The van der Waals surface area contributed by atoms with Gasteiger partial charge in [0.1, 0.15) is 11.2 Å². The molecule has 1 aromatic heterocycles. The maximum Gasteiger partial charge on any atom is 0.407 e. The second-order valence-electron chi connectivity index (χ2n) is 4.74. The van der Waals surface area contributed by atoms with Crippen LogP contribution in [0.2, 0.25) is 0 Å². The van der Waals surface area contributed by atoms with E-state index >= 15 is 0 Å². The lowest BCUT2D eigenvalue weighted by Gasteiger charge is -2.16. The van der Waals surface area contributed by atoms with Crippen molar-refractivity contribution >= 4 is 22.0 Å². The van der Waals surface area contributed by atoms with Gasteiger partial charge in [-0.05, 0) is 33.6 Å². The van der Waals surface area contributed by atoms with Gasteiger partial charge in [-0.2, -0.15) is 0 Å². The van der Waals surface area contributed by atoms with Crippen LogP contribution in [0.1, 0.15) is 11.3 Å². The smallest absolute Gasteiger partial charge is 0.407 e. The lowest BCUT2D eigenvalue weighted by Crippen LogP contribution is -2.39. The van der Waals surface area contributed by atoms with Gasteiger partial charge in [0, 0.05) is 12.1 Å². The predicted octanol–water partition coefficient (Wildman–Crippen LogP) is 2.67. The maximum absolute atomic E-state index is 11.8. The van der Waals surface area contributed by atoms with Crippen molar-refractivity contribution in [3.63, 3.8) is 0 Å². The molecule has 1 aromatic carbocycles. The van der Waals surface area contributed by atoms with E-state index in [4.69, 9.17) is 4.74 Å². The molecule has 2 N–H and O–H groups in total. The number of hydrogen-bond donors (Lipinski definition) is 2. The van der Waals surface area contributed by atoms with E-state index in [9.17, 15) is 9.90 Å². The van der Waals surface area contributed by atoms with E-state index < -0.39 is 12.1 Å². The number of hydrogen-bond acceptors (Lipinski definition) is 4. The molecule has 0 spiro atoms. The molecule has 0 saturated heterocycles. The van der Waals surface area contributed by atoms with E-state index in [2.05, 4.69) is 26.2 Å². The fraction of sp³-hybridized carbons (Fsp3) is 0.250. The molecule has 0 aliphatic heterocycles. The largest absolute Gasteiger partial charge is 0.445 e. The summed E-state index contributed by atoms with van der Waals surface area (Å²) in [5, 5.41) is 12.0. The summed E-state index contributed by atoms with van der Waals surface area (Å²) in [6, 6.07) is 14.5. The van der Waals surface area contributed by atoms with Crippen LogP contribution in [0.25, 0.3) is 0 Å². The molecule has 0 radical (unpaired) electrons. The Kier molecular flexibility index (Phi) is 6.36. The molecule has 22 heavy (non-hydrogen) atoms. The molecule has 0 saturated carbocycles. The zero-order valence-corrected chi connectivity index (χ0v) is 13.5. The number of nitrogens with one attached hydrogen (secondary N) is 1. The molecule has 2 rings (SSSR count). The van der Waals surface area contributed by atoms with E-state index in [1.165, 1.54) is 0 Å². The first-order chi connectivity index (χ1) is 10.7. The van der Waals surface area contributed by atoms with Crippen molar-refractivity contribution < 1.29 is 14.6 Å². The topological polar surface area (TPSA) is 71.5 Å². The SMILES string of the molecule is O=C(NC(CO)Cc1cccc(Br)n1)OCc1ccccc1. The highest BCUT2D eigenvalue weighted by atomic mass is 79.9. The highest BCUT2D eigenvalue weighted by Gasteiger charge is 2.14. The quantitative estimate of drug-likeness (QED) is 0.773. The summed E-state index contributed by atoms with van der Waals surface area (Å²) in [5.74, 6) is 0. The average molecular weight is 365 g/mol. The number of benzene rings is 1. The third-order valence-corrected chi connectivity index (χ3v) is 3.43. The Bertz CT molecular complexity index is 607. The molecule has 1 atom stereocenters. The van der Waals surface area contributed by atoms with Crippen LogP contribution in [0.5, 0.6) is 0 Å². The Morgan fingerprint density at radius 1 is 1.23 bits per heavy atom. The molecule has 0 aliphatic carbocycles.